The van der Waals surface area contributed by atoms with Crippen LogP contribution in [0.1, 0.15) is 30.6 Å². The Morgan fingerprint density at radius 2 is 2.16 bits per heavy atom. The van der Waals surface area contributed by atoms with Crippen LogP contribution >= 0.6 is 11.6 Å². The highest BCUT2D eigenvalue weighted by Gasteiger charge is 2.23. The molecule has 2 unspecified atom stereocenters. The van der Waals surface area contributed by atoms with Gasteiger partial charge in [0.05, 0.1) is 12.7 Å². The molecule has 0 aromatic heterocycles. The van der Waals surface area contributed by atoms with Gasteiger partial charge >= 0.3 is 0 Å². The van der Waals surface area contributed by atoms with Gasteiger partial charge in [-0.15, -0.1) is 0 Å². The van der Waals surface area contributed by atoms with Crippen molar-refractivity contribution < 1.29 is 9.84 Å². The van der Waals surface area contributed by atoms with Crippen molar-refractivity contribution in [3.8, 4) is 5.75 Å². The van der Waals surface area contributed by atoms with E-state index in [0.29, 0.717) is 35.9 Å². The van der Waals surface area contributed by atoms with E-state index < -0.39 is 6.10 Å². The maximum absolute atomic E-state index is 10.5. The Balaban J connectivity index is 3.11. The van der Waals surface area contributed by atoms with E-state index in [1.807, 2.05) is 19.9 Å². The van der Waals surface area contributed by atoms with Gasteiger partial charge in [-0.05, 0) is 51.6 Å². The predicted octanol–water partition coefficient (Wildman–Crippen LogP) is 2.02. The topological polar surface area (TPSA) is 67.5 Å². The number of likely N-dealkylation sites (N-methyl/N-ethyl adjacent to an activating group) is 1. The van der Waals surface area contributed by atoms with Gasteiger partial charge in [0.25, 0.3) is 0 Å². The minimum atomic E-state index is -0.701. The zero-order valence-corrected chi connectivity index (χ0v) is 12.5. The number of benzene rings is 1. The lowest BCUT2D eigenvalue weighted by atomic mass is 9.97. The number of hydrogen-bond donors (Lipinski definition) is 3. The maximum atomic E-state index is 10.5. The Morgan fingerprint density at radius 3 is 2.68 bits per heavy atom. The second-order valence-electron chi connectivity index (χ2n) is 4.49. The van der Waals surface area contributed by atoms with E-state index in [-0.39, 0.29) is 6.04 Å². The molecule has 1 aromatic carbocycles. The maximum Gasteiger partial charge on any atom is 0.125 e. The van der Waals surface area contributed by atoms with Gasteiger partial charge in [0.15, 0.2) is 0 Å². The first-order chi connectivity index (χ1) is 9.04. The van der Waals surface area contributed by atoms with Crippen LogP contribution in [0, 0.1) is 6.92 Å². The Morgan fingerprint density at radius 1 is 1.47 bits per heavy atom. The van der Waals surface area contributed by atoms with Gasteiger partial charge in [0.2, 0.25) is 0 Å². The van der Waals surface area contributed by atoms with Crippen LogP contribution in [0.15, 0.2) is 12.1 Å². The van der Waals surface area contributed by atoms with Crippen molar-refractivity contribution in [2.75, 3.05) is 20.2 Å². The number of aliphatic hydroxyl groups excluding tert-OH is 1. The number of aliphatic hydroxyl groups is 1. The molecular weight excluding hydrogens is 264 g/mol. The van der Waals surface area contributed by atoms with Crippen molar-refractivity contribution in [3.05, 3.63) is 28.3 Å². The van der Waals surface area contributed by atoms with E-state index in [4.69, 9.17) is 22.1 Å². The van der Waals surface area contributed by atoms with Gasteiger partial charge in [-0.25, -0.2) is 0 Å². The lowest BCUT2D eigenvalue weighted by molar-refractivity contribution is 0.125. The van der Waals surface area contributed by atoms with E-state index in [9.17, 15) is 5.11 Å². The summed E-state index contributed by atoms with van der Waals surface area (Å²) in [5.41, 5.74) is 7.19. The highest BCUT2D eigenvalue weighted by Crippen LogP contribution is 2.33. The van der Waals surface area contributed by atoms with Gasteiger partial charge in [-0.3, -0.25) is 0 Å². The average molecular weight is 287 g/mol. The predicted molar refractivity (Wildman–Crippen MR) is 78.8 cm³/mol. The Bertz CT molecular complexity index is 413. The van der Waals surface area contributed by atoms with Crippen LogP contribution in [0.3, 0.4) is 0 Å². The number of rotatable bonds is 7. The number of halogens is 1. The summed E-state index contributed by atoms with van der Waals surface area (Å²) in [6.45, 7) is 4.88. The molecule has 5 heteroatoms. The summed E-state index contributed by atoms with van der Waals surface area (Å²) in [7, 11) is 1.81. The summed E-state index contributed by atoms with van der Waals surface area (Å²) < 4.78 is 5.59. The molecule has 19 heavy (non-hydrogen) atoms. The lowest BCUT2D eigenvalue weighted by Crippen LogP contribution is -2.34. The third kappa shape index (κ3) is 4.08. The summed E-state index contributed by atoms with van der Waals surface area (Å²) in [6, 6.07) is 3.51. The van der Waals surface area contributed by atoms with Crippen LogP contribution in [0.25, 0.3) is 0 Å². The number of aryl methyl sites for hydroxylation is 1. The molecule has 0 saturated heterocycles. The highest BCUT2D eigenvalue weighted by atomic mass is 35.5. The second kappa shape index (κ2) is 7.70. The van der Waals surface area contributed by atoms with Crippen LogP contribution in [-0.4, -0.2) is 31.3 Å². The fourth-order valence-electron chi connectivity index (χ4n) is 2.04. The average Bonchev–Trinajstić information content (AvgIpc) is 2.39. The molecule has 2 atom stereocenters. The molecule has 0 aliphatic carbocycles. The third-order valence-electron chi connectivity index (χ3n) is 3.14. The first-order valence-electron chi connectivity index (χ1n) is 6.53. The van der Waals surface area contributed by atoms with Gasteiger partial charge < -0.3 is 20.9 Å². The van der Waals surface area contributed by atoms with E-state index >= 15 is 0 Å². The number of hydrogen-bond acceptors (Lipinski definition) is 4. The Hall–Kier alpha value is -0.810. The van der Waals surface area contributed by atoms with E-state index in [0.717, 1.165) is 5.56 Å². The van der Waals surface area contributed by atoms with Crippen molar-refractivity contribution in [3.63, 3.8) is 0 Å². The van der Waals surface area contributed by atoms with Crippen LogP contribution in [0.4, 0.5) is 0 Å². The zero-order chi connectivity index (χ0) is 14.4. The molecule has 0 heterocycles. The van der Waals surface area contributed by atoms with Gasteiger partial charge in [-0.2, -0.15) is 0 Å². The largest absolute Gasteiger partial charge is 0.493 e. The molecule has 0 spiro atoms. The standard InChI is InChI=1S/C14H23ClN2O2/c1-4-19-13-7-9(2)11(15)8-10(13)14(18)12(17-3)5-6-16/h7-8,12,14,17-18H,4-6,16H2,1-3H3. The van der Waals surface area contributed by atoms with Crippen molar-refractivity contribution in [2.24, 2.45) is 5.73 Å². The monoisotopic (exact) mass is 286 g/mol. The summed E-state index contributed by atoms with van der Waals surface area (Å²) in [5.74, 6) is 0.675. The van der Waals surface area contributed by atoms with Crippen LogP contribution in [0.5, 0.6) is 5.75 Å². The normalized spacial score (nSPS) is 14.2. The molecule has 0 radical (unpaired) electrons. The third-order valence-corrected chi connectivity index (χ3v) is 3.55. The zero-order valence-electron chi connectivity index (χ0n) is 11.7. The number of nitrogens with one attached hydrogen (secondary N) is 1. The van der Waals surface area contributed by atoms with Gasteiger partial charge in [0.1, 0.15) is 5.75 Å². The van der Waals surface area contributed by atoms with E-state index in [1.54, 1.807) is 13.1 Å². The van der Waals surface area contributed by atoms with Gasteiger partial charge in [-0.1, -0.05) is 11.6 Å². The molecule has 4 nitrogen and oxygen atoms in total. The SMILES string of the molecule is CCOc1cc(C)c(Cl)cc1C(O)C(CCN)NC. The Labute approximate surface area is 119 Å². The first kappa shape index (κ1) is 16.2. The molecule has 0 saturated carbocycles. The molecule has 0 amide bonds. The molecule has 4 N–H and O–H groups in total. The van der Waals surface area contributed by atoms with Crippen LogP contribution in [-0.2, 0) is 0 Å². The molecule has 0 fully saturated rings. The number of nitrogens with two attached hydrogens (primary N) is 1. The molecular formula is C14H23ClN2O2. The van der Waals surface area contributed by atoms with Crippen molar-refractivity contribution in [1.82, 2.24) is 5.32 Å². The van der Waals surface area contributed by atoms with Crippen LogP contribution < -0.4 is 15.8 Å². The van der Waals surface area contributed by atoms with E-state index in [2.05, 4.69) is 5.32 Å². The molecule has 108 valence electrons. The van der Waals surface area contributed by atoms with Gasteiger partial charge in [0, 0.05) is 16.6 Å². The highest BCUT2D eigenvalue weighted by molar-refractivity contribution is 6.31. The second-order valence-corrected chi connectivity index (χ2v) is 4.90. The summed E-state index contributed by atoms with van der Waals surface area (Å²) in [6.07, 6.45) is -0.0254. The van der Waals surface area contributed by atoms with Crippen molar-refractivity contribution in [2.45, 2.75) is 32.4 Å². The smallest absolute Gasteiger partial charge is 0.125 e. The minimum absolute atomic E-state index is 0.122. The summed E-state index contributed by atoms with van der Waals surface area (Å²) in [4.78, 5) is 0. The Kier molecular flexibility index (Phi) is 6.58. The molecule has 0 aliphatic rings. The fourth-order valence-corrected chi connectivity index (χ4v) is 2.21. The number of ether oxygens (including phenoxy) is 1. The lowest BCUT2D eigenvalue weighted by Gasteiger charge is -2.24. The molecule has 0 aliphatic heterocycles. The minimum Gasteiger partial charge on any atom is -0.493 e. The molecule has 1 aromatic rings. The van der Waals surface area contributed by atoms with E-state index in [1.165, 1.54) is 0 Å². The molecule has 1 rings (SSSR count). The quantitative estimate of drug-likeness (QED) is 0.717. The van der Waals surface area contributed by atoms with Crippen molar-refractivity contribution >= 4 is 11.6 Å². The summed E-state index contributed by atoms with van der Waals surface area (Å²) in [5, 5.41) is 14.2. The van der Waals surface area contributed by atoms with Crippen molar-refractivity contribution in [1.29, 1.82) is 0 Å². The molecule has 0 bridgehead atoms. The first-order valence-corrected chi connectivity index (χ1v) is 6.91. The van der Waals surface area contributed by atoms with Crippen LogP contribution in [0.2, 0.25) is 5.02 Å². The fraction of sp³-hybridized carbons (Fsp3) is 0.571. The summed E-state index contributed by atoms with van der Waals surface area (Å²) >= 11 is 6.14.